The Morgan fingerprint density at radius 2 is 1.70 bits per heavy atom. The van der Waals surface area contributed by atoms with Gasteiger partial charge in [-0.05, 0) is 15.9 Å². The van der Waals surface area contributed by atoms with Gasteiger partial charge >= 0.3 is 5.13 Å². The number of carbonyl (C=O) groups excluding carboxylic acids is 2. The van der Waals surface area contributed by atoms with Crippen LogP contribution in [0.3, 0.4) is 0 Å². The third-order valence-electron chi connectivity index (χ3n) is 1.17. The lowest BCUT2D eigenvalue weighted by Crippen LogP contribution is -2.66. The number of rotatable bonds is 0. The molecule has 1 rings (SSSR count). The van der Waals surface area contributed by atoms with Gasteiger partial charge in [0, 0.05) is 0 Å². The first-order chi connectivity index (χ1) is 4.32. The molecule has 2 unspecified atom stereocenters. The SMILES string of the molecule is O=C1C(=O)C(F)(Br)C1(F)Cl. The molecule has 0 aliphatic heterocycles. The third kappa shape index (κ3) is 0.621. The van der Waals surface area contributed by atoms with E-state index in [1.54, 1.807) is 0 Å². The van der Waals surface area contributed by atoms with E-state index in [9.17, 15) is 18.4 Å². The number of hydrogen-bond acceptors (Lipinski definition) is 2. The minimum absolute atomic E-state index is 1.48. The lowest BCUT2D eigenvalue weighted by atomic mass is 9.90. The topological polar surface area (TPSA) is 34.1 Å². The van der Waals surface area contributed by atoms with E-state index in [-0.39, 0.29) is 0 Å². The van der Waals surface area contributed by atoms with Crippen LogP contribution in [0.2, 0.25) is 0 Å². The predicted octanol–water partition coefficient (Wildman–Crippen LogP) is 1.10. The summed E-state index contributed by atoms with van der Waals surface area (Å²) >= 11 is 6.73. The van der Waals surface area contributed by atoms with Gasteiger partial charge in [0.1, 0.15) is 0 Å². The predicted molar refractivity (Wildman–Crippen MR) is 32.5 cm³/mol. The highest BCUT2D eigenvalue weighted by molar-refractivity contribution is 9.10. The third-order valence-corrected chi connectivity index (χ3v) is 2.74. The highest BCUT2D eigenvalue weighted by atomic mass is 79.9. The molecule has 6 heteroatoms. The number of hydrogen-bond donors (Lipinski definition) is 0. The van der Waals surface area contributed by atoms with Crippen molar-refractivity contribution >= 4 is 39.1 Å². The fourth-order valence-corrected chi connectivity index (χ4v) is 1.04. The van der Waals surface area contributed by atoms with Crippen molar-refractivity contribution in [1.82, 2.24) is 0 Å². The molecule has 0 N–H and O–H groups in total. The first-order valence-electron chi connectivity index (χ1n) is 2.16. The molecular formula is C4BrClF2O2. The van der Waals surface area contributed by atoms with E-state index in [0.29, 0.717) is 0 Å². The van der Waals surface area contributed by atoms with Crippen LogP contribution in [-0.4, -0.2) is 21.3 Å². The van der Waals surface area contributed by atoms with Crippen molar-refractivity contribution in [2.24, 2.45) is 0 Å². The molecule has 0 aromatic rings. The lowest BCUT2D eigenvalue weighted by Gasteiger charge is -2.34. The Morgan fingerprint density at radius 3 is 1.80 bits per heavy atom. The van der Waals surface area contributed by atoms with Gasteiger partial charge in [0.25, 0.3) is 16.1 Å². The maximum Gasteiger partial charge on any atom is 0.300 e. The molecule has 1 aliphatic rings. The minimum atomic E-state index is -3.22. The lowest BCUT2D eigenvalue weighted by molar-refractivity contribution is -0.160. The quantitative estimate of drug-likeness (QED) is 0.464. The number of halogens is 4. The molecule has 56 valence electrons. The standard InChI is InChI=1S/C4BrClF2O2/c5-3(7)1(9)2(10)4(3,6)8. The normalized spacial score (nSPS) is 47.2. The number of alkyl halides is 4. The van der Waals surface area contributed by atoms with Crippen molar-refractivity contribution in [3.63, 3.8) is 0 Å². The first-order valence-corrected chi connectivity index (χ1v) is 3.34. The number of ketones is 2. The molecular weight excluding hydrogens is 233 g/mol. The van der Waals surface area contributed by atoms with E-state index in [2.05, 4.69) is 11.6 Å². The second kappa shape index (κ2) is 1.76. The Hall–Kier alpha value is -0.0300. The van der Waals surface area contributed by atoms with E-state index >= 15 is 0 Å². The molecule has 0 spiro atoms. The highest BCUT2D eigenvalue weighted by Gasteiger charge is 2.75. The molecule has 1 fully saturated rings. The van der Waals surface area contributed by atoms with Crippen LogP contribution < -0.4 is 0 Å². The van der Waals surface area contributed by atoms with Gasteiger partial charge in [-0.2, -0.15) is 0 Å². The van der Waals surface area contributed by atoms with Crippen molar-refractivity contribution in [2.45, 2.75) is 9.71 Å². The van der Waals surface area contributed by atoms with E-state index in [1.165, 1.54) is 0 Å². The van der Waals surface area contributed by atoms with Crippen LogP contribution in [0.5, 0.6) is 0 Å². The highest BCUT2D eigenvalue weighted by Crippen LogP contribution is 2.50. The van der Waals surface area contributed by atoms with Crippen LogP contribution in [0.15, 0.2) is 0 Å². The van der Waals surface area contributed by atoms with Crippen molar-refractivity contribution in [3.05, 3.63) is 0 Å². The fraction of sp³-hybridized carbons (Fsp3) is 0.500. The molecule has 2 atom stereocenters. The van der Waals surface area contributed by atoms with Crippen LogP contribution in [0.1, 0.15) is 0 Å². The maximum absolute atomic E-state index is 12.5. The molecule has 0 bridgehead atoms. The molecule has 0 radical (unpaired) electrons. The molecule has 0 saturated heterocycles. The van der Waals surface area contributed by atoms with Crippen LogP contribution in [-0.2, 0) is 9.59 Å². The molecule has 1 saturated carbocycles. The monoisotopic (exact) mass is 232 g/mol. The molecule has 0 heterocycles. The molecule has 10 heavy (non-hydrogen) atoms. The number of carbonyl (C=O) groups is 2. The van der Waals surface area contributed by atoms with E-state index in [0.717, 1.165) is 0 Å². The summed E-state index contributed by atoms with van der Waals surface area (Å²) in [5.41, 5.74) is 0. The molecule has 0 amide bonds. The van der Waals surface area contributed by atoms with E-state index in [4.69, 9.17) is 0 Å². The zero-order valence-corrected chi connectivity index (χ0v) is 6.67. The smallest absolute Gasteiger partial charge is 0.286 e. The molecule has 2 nitrogen and oxygen atoms in total. The van der Waals surface area contributed by atoms with Gasteiger partial charge in [0.2, 0.25) is 0 Å². The maximum atomic E-state index is 12.5. The van der Waals surface area contributed by atoms with Crippen molar-refractivity contribution in [3.8, 4) is 0 Å². The van der Waals surface area contributed by atoms with Crippen molar-refractivity contribution in [2.75, 3.05) is 0 Å². The summed E-state index contributed by atoms with van der Waals surface area (Å²) in [6.07, 6.45) is 0. The Bertz CT molecular complexity index is 201. The Labute approximate surface area is 67.7 Å². The summed E-state index contributed by atoms with van der Waals surface area (Å²) in [5, 5.41) is -3.22. The summed E-state index contributed by atoms with van der Waals surface area (Å²) in [4.78, 5) is 20.4. The van der Waals surface area contributed by atoms with E-state index < -0.39 is 21.3 Å². The van der Waals surface area contributed by atoms with Gasteiger partial charge in [-0.15, -0.1) is 0 Å². The van der Waals surface area contributed by atoms with Gasteiger partial charge in [-0.3, -0.25) is 9.59 Å². The molecule has 1 aliphatic carbocycles. The summed E-state index contributed by atoms with van der Waals surface area (Å²) in [5.74, 6) is -3.03. The minimum Gasteiger partial charge on any atom is -0.286 e. The van der Waals surface area contributed by atoms with Crippen LogP contribution in [0.25, 0.3) is 0 Å². The summed E-state index contributed by atoms with van der Waals surface area (Å²) in [7, 11) is 0. The molecule has 0 aromatic carbocycles. The van der Waals surface area contributed by atoms with Crippen LogP contribution in [0.4, 0.5) is 8.78 Å². The second-order valence-corrected chi connectivity index (χ2v) is 3.42. The van der Waals surface area contributed by atoms with Crippen LogP contribution >= 0.6 is 27.5 Å². The van der Waals surface area contributed by atoms with Gasteiger partial charge in [-0.25, -0.2) is 8.78 Å². The summed E-state index contributed by atoms with van der Waals surface area (Å²) in [6, 6.07) is 0. The van der Waals surface area contributed by atoms with Gasteiger partial charge < -0.3 is 0 Å². The average molecular weight is 233 g/mol. The zero-order chi connectivity index (χ0) is 8.15. The Kier molecular flexibility index (Phi) is 1.42. The summed E-state index contributed by atoms with van der Waals surface area (Å²) < 4.78 is 21.8. The average Bonchev–Trinajstić information content (AvgIpc) is 1.84. The fourth-order valence-electron chi connectivity index (χ4n) is 0.508. The zero-order valence-electron chi connectivity index (χ0n) is 4.33. The number of Topliss-reactive ketones (excluding diaryl/α,β-unsaturated/α-hetero) is 2. The molecule has 0 aromatic heterocycles. The first kappa shape index (κ1) is 8.07. The van der Waals surface area contributed by atoms with Crippen molar-refractivity contribution in [1.29, 1.82) is 0 Å². The second-order valence-electron chi connectivity index (χ2n) is 1.81. The Morgan fingerprint density at radius 1 is 1.30 bits per heavy atom. The van der Waals surface area contributed by atoms with Crippen molar-refractivity contribution < 1.29 is 18.4 Å². The van der Waals surface area contributed by atoms with Gasteiger partial charge in [-0.1, -0.05) is 11.6 Å². The Balaban J connectivity index is 3.04. The largest absolute Gasteiger partial charge is 0.300 e. The van der Waals surface area contributed by atoms with Crippen LogP contribution in [0, 0.1) is 0 Å². The van der Waals surface area contributed by atoms with E-state index in [1.807, 2.05) is 15.9 Å². The van der Waals surface area contributed by atoms with Gasteiger partial charge in [0.15, 0.2) is 0 Å². The summed E-state index contributed by atoms with van der Waals surface area (Å²) in [6.45, 7) is 0. The van der Waals surface area contributed by atoms with Gasteiger partial charge in [0.05, 0.1) is 0 Å².